The zero-order chi connectivity index (χ0) is 16.2. The summed E-state index contributed by atoms with van der Waals surface area (Å²) < 4.78 is 2.04. The quantitative estimate of drug-likeness (QED) is 0.789. The van der Waals surface area contributed by atoms with Gasteiger partial charge in [0.25, 0.3) is 5.91 Å². The predicted molar refractivity (Wildman–Crippen MR) is 94.0 cm³/mol. The van der Waals surface area contributed by atoms with Crippen molar-refractivity contribution in [1.82, 2.24) is 14.5 Å². The molecule has 0 atom stereocenters. The van der Waals surface area contributed by atoms with Crippen molar-refractivity contribution in [2.24, 2.45) is 13.0 Å². The lowest BCUT2D eigenvalue weighted by molar-refractivity contribution is 0.0699. The molecule has 1 aliphatic rings. The van der Waals surface area contributed by atoms with E-state index in [1.165, 1.54) is 0 Å². The Hall–Kier alpha value is -1.46. The number of hydrogen-bond acceptors (Lipinski definition) is 3. The minimum atomic E-state index is 0.0470. The number of carbonyl (C=O) groups is 1. The Kier molecular flexibility index (Phi) is 5.28. The standard InChI is InChI=1S/C17H20ClN3OS/c1-20-11-8-19-17(20)23-12-13-6-9-21(10-7-13)16(22)14-4-2-3-5-15(14)18/h2-5,8,11,13H,6-7,9-10,12H2,1H3. The topological polar surface area (TPSA) is 38.1 Å². The first-order valence-electron chi connectivity index (χ1n) is 7.79. The summed E-state index contributed by atoms with van der Waals surface area (Å²) >= 11 is 7.92. The smallest absolute Gasteiger partial charge is 0.255 e. The van der Waals surface area contributed by atoms with E-state index in [0.29, 0.717) is 16.5 Å². The van der Waals surface area contributed by atoms with E-state index < -0.39 is 0 Å². The highest BCUT2D eigenvalue weighted by Gasteiger charge is 2.25. The molecule has 1 fully saturated rings. The summed E-state index contributed by atoms with van der Waals surface area (Å²) in [4.78, 5) is 18.8. The molecule has 1 amide bonds. The van der Waals surface area contributed by atoms with Crippen molar-refractivity contribution >= 4 is 29.3 Å². The van der Waals surface area contributed by atoms with E-state index >= 15 is 0 Å². The largest absolute Gasteiger partial charge is 0.339 e. The molecule has 0 aliphatic carbocycles. The zero-order valence-corrected chi connectivity index (χ0v) is 14.7. The maximum absolute atomic E-state index is 12.5. The van der Waals surface area contributed by atoms with Crippen LogP contribution in [0.1, 0.15) is 23.2 Å². The summed E-state index contributed by atoms with van der Waals surface area (Å²) in [6.45, 7) is 1.60. The SMILES string of the molecule is Cn1ccnc1SCC1CCN(C(=O)c2ccccc2Cl)CC1. The molecular weight excluding hydrogens is 330 g/mol. The van der Waals surface area contributed by atoms with Crippen LogP contribution in [-0.2, 0) is 7.05 Å². The maximum Gasteiger partial charge on any atom is 0.255 e. The van der Waals surface area contributed by atoms with E-state index in [1.807, 2.05) is 41.0 Å². The molecule has 4 nitrogen and oxygen atoms in total. The van der Waals surface area contributed by atoms with Crippen molar-refractivity contribution in [3.63, 3.8) is 0 Å². The van der Waals surface area contributed by atoms with Crippen molar-refractivity contribution in [2.75, 3.05) is 18.8 Å². The van der Waals surface area contributed by atoms with Crippen LogP contribution in [0.15, 0.2) is 41.8 Å². The molecule has 0 radical (unpaired) electrons. The van der Waals surface area contributed by atoms with Crippen LogP contribution >= 0.6 is 23.4 Å². The van der Waals surface area contributed by atoms with Gasteiger partial charge in [0.15, 0.2) is 5.16 Å². The van der Waals surface area contributed by atoms with Gasteiger partial charge in [-0.1, -0.05) is 35.5 Å². The molecule has 0 unspecified atom stereocenters. The summed E-state index contributed by atoms with van der Waals surface area (Å²) in [5.74, 6) is 1.73. The molecule has 1 saturated heterocycles. The number of imidazole rings is 1. The van der Waals surface area contributed by atoms with Crippen LogP contribution in [-0.4, -0.2) is 39.2 Å². The fourth-order valence-corrected chi connectivity index (χ4v) is 4.13. The number of amides is 1. The van der Waals surface area contributed by atoms with E-state index in [1.54, 1.807) is 23.9 Å². The molecular formula is C17H20ClN3OS. The highest BCUT2D eigenvalue weighted by molar-refractivity contribution is 7.99. The number of nitrogens with zero attached hydrogens (tertiary/aromatic N) is 3. The van der Waals surface area contributed by atoms with Gasteiger partial charge in [-0.3, -0.25) is 4.79 Å². The molecule has 0 bridgehead atoms. The van der Waals surface area contributed by atoms with Crippen LogP contribution < -0.4 is 0 Å². The lowest BCUT2D eigenvalue weighted by Gasteiger charge is -2.32. The van der Waals surface area contributed by atoms with Crippen molar-refractivity contribution in [1.29, 1.82) is 0 Å². The van der Waals surface area contributed by atoms with Crippen molar-refractivity contribution < 1.29 is 4.79 Å². The molecule has 2 heterocycles. The second-order valence-corrected chi connectivity index (χ2v) is 7.24. The molecule has 1 aromatic carbocycles. The second-order valence-electron chi connectivity index (χ2n) is 5.85. The normalized spacial score (nSPS) is 15.8. The van der Waals surface area contributed by atoms with E-state index in [4.69, 9.17) is 11.6 Å². The number of piperidine rings is 1. The fraction of sp³-hybridized carbons (Fsp3) is 0.412. The first kappa shape index (κ1) is 16.4. The highest BCUT2D eigenvalue weighted by atomic mass is 35.5. The number of aryl methyl sites for hydroxylation is 1. The van der Waals surface area contributed by atoms with Crippen LogP contribution in [0.25, 0.3) is 0 Å². The van der Waals surface area contributed by atoms with Gasteiger partial charge < -0.3 is 9.47 Å². The average molecular weight is 350 g/mol. The third-order valence-electron chi connectivity index (χ3n) is 4.23. The number of aromatic nitrogens is 2. The number of halogens is 1. The average Bonchev–Trinajstić information content (AvgIpc) is 2.98. The molecule has 6 heteroatoms. The number of rotatable bonds is 4. The van der Waals surface area contributed by atoms with Gasteiger partial charge in [-0.25, -0.2) is 4.98 Å². The van der Waals surface area contributed by atoms with Crippen LogP contribution in [0, 0.1) is 5.92 Å². The molecule has 23 heavy (non-hydrogen) atoms. The van der Waals surface area contributed by atoms with Gasteiger partial charge in [0.2, 0.25) is 0 Å². The Labute approximate surface area is 145 Å². The predicted octanol–water partition coefficient (Wildman–Crippen LogP) is 3.72. The first-order chi connectivity index (χ1) is 11.1. The summed E-state index contributed by atoms with van der Waals surface area (Å²) in [6.07, 6.45) is 5.86. The van der Waals surface area contributed by atoms with Gasteiger partial charge in [0, 0.05) is 38.3 Å². The Morgan fingerprint density at radius 3 is 2.74 bits per heavy atom. The Morgan fingerprint density at radius 2 is 2.09 bits per heavy atom. The van der Waals surface area contributed by atoms with Gasteiger partial charge in [0.1, 0.15) is 0 Å². The van der Waals surface area contributed by atoms with Crippen molar-refractivity contribution in [3.8, 4) is 0 Å². The summed E-state index contributed by atoms with van der Waals surface area (Å²) in [5, 5.41) is 1.59. The van der Waals surface area contributed by atoms with Crippen LogP contribution in [0.5, 0.6) is 0 Å². The first-order valence-corrected chi connectivity index (χ1v) is 9.15. The fourth-order valence-electron chi connectivity index (χ4n) is 2.79. The minimum absolute atomic E-state index is 0.0470. The maximum atomic E-state index is 12.5. The number of benzene rings is 1. The van der Waals surface area contributed by atoms with E-state index in [9.17, 15) is 4.79 Å². The molecule has 0 saturated carbocycles. The molecule has 122 valence electrons. The molecule has 0 spiro atoms. The molecule has 2 aromatic rings. The zero-order valence-electron chi connectivity index (χ0n) is 13.1. The van der Waals surface area contributed by atoms with E-state index in [0.717, 1.165) is 36.8 Å². The number of hydrogen-bond donors (Lipinski definition) is 0. The molecule has 3 rings (SSSR count). The van der Waals surface area contributed by atoms with Crippen LogP contribution in [0.2, 0.25) is 5.02 Å². The van der Waals surface area contributed by atoms with Gasteiger partial charge >= 0.3 is 0 Å². The third-order valence-corrected chi connectivity index (χ3v) is 5.85. The van der Waals surface area contributed by atoms with Gasteiger partial charge in [-0.15, -0.1) is 0 Å². The van der Waals surface area contributed by atoms with Crippen LogP contribution in [0.3, 0.4) is 0 Å². The van der Waals surface area contributed by atoms with E-state index in [2.05, 4.69) is 4.98 Å². The number of carbonyl (C=O) groups excluding carboxylic acids is 1. The van der Waals surface area contributed by atoms with Crippen molar-refractivity contribution in [2.45, 2.75) is 18.0 Å². The summed E-state index contributed by atoms with van der Waals surface area (Å²) in [5.41, 5.74) is 0.606. The summed E-state index contributed by atoms with van der Waals surface area (Å²) in [6, 6.07) is 7.27. The molecule has 0 N–H and O–H groups in total. The van der Waals surface area contributed by atoms with Gasteiger partial charge in [-0.2, -0.15) is 0 Å². The second kappa shape index (κ2) is 7.41. The minimum Gasteiger partial charge on any atom is -0.339 e. The van der Waals surface area contributed by atoms with Gasteiger partial charge in [-0.05, 0) is 30.9 Å². The Balaban J connectivity index is 1.51. The van der Waals surface area contributed by atoms with Crippen molar-refractivity contribution in [3.05, 3.63) is 47.2 Å². The van der Waals surface area contributed by atoms with E-state index in [-0.39, 0.29) is 5.91 Å². The number of likely N-dealkylation sites (tertiary alicyclic amines) is 1. The Bertz CT molecular complexity index is 680. The molecule has 1 aliphatic heterocycles. The lowest BCUT2D eigenvalue weighted by Crippen LogP contribution is -2.39. The highest BCUT2D eigenvalue weighted by Crippen LogP contribution is 2.27. The summed E-state index contributed by atoms with van der Waals surface area (Å²) in [7, 11) is 2.01. The van der Waals surface area contributed by atoms with Crippen LogP contribution in [0.4, 0.5) is 0 Å². The lowest BCUT2D eigenvalue weighted by atomic mass is 9.98. The Morgan fingerprint density at radius 1 is 1.35 bits per heavy atom. The number of thioether (sulfide) groups is 1. The third kappa shape index (κ3) is 3.90. The van der Waals surface area contributed by atoms with Gasteiger partial charge in [0.05, 0.1) is 10.6 Å². The molecule has 1 aromatic heterocycles. The monoisotopic (exact) mass is 349 g/mol.